The molecule has 0 fully saturated rings. The summed E-state index contributed by atoms with van der Waals surface area (Å²) >= 11 is 6.76. The molecule has 1 N–H and O–H groups in total. The number of methoxy groups -OCH3 is 1. The van der Waals surface area contributed by atoms with Crippen LogP contribution in [0.1, 0.15) is 11.1 Å². The van der Waals surface area contributed by atoms with Gasteiger partial charge in [0, 0.05) is 22.3 Å². The van der Waals surface area contributed by atoms with Gasteiger partial charge in [-0.3, -0.25) is 14.9 Å². The molecular formula is C24H17Br2N3O5. The Kier molecular flexibility index (Phi) is 8.40. The number of carbonyl (C=O) groups is 1. The molecule has 8 nitrogen and oxygen atoms in total. The maximum absolute atomic E-state index is 12.5. The standard InChI is InChI=1S/C24H17Br2N3O5/c1-33-22-12-16(9-17(13-27)24(30)28-19-7-5-18(25)6-8-19)11-21(26)23(22)34-14-15-3-2-4-20(10-15)29(31)32/h2-12H,14H2,1H3,(H,28,30)/b17-9-. The Balaban J connectivity index is 1.81. The quantitative estimate of drug-likeness (QED) is 0.144. The zero-order chi connectivity index (χ0) is 24.7. The van der Waals surface area contributed by atoms with Crippen molar-refractivity contribution < 1.29 is 19.2 Å². The highest BCUT2D eigenvalue weighted by molar-refractivity contribution is 9.10. The minimum atomic E-state index is -0.550. The predicted molar refractivity (Wildman–Crippen MR) is 134 cm³/mol. The lowest BCUT2D eigenvalue weighted by Crippen LogP contribution is -2.13. The van der Waals surface area contributed by atoms with Crippen molar-refractivity contribution in [2.45, 2.75) is 6.61 Å². The molecule has 0 heterocycles. The largest absolute Gasteiger partial charge is 0.493 e. The summed E-state index contributed by atoms with van der Waals surface area (Å²) in [6.07, 6.45) is 1.44. The van der Waals surface area contributed by atoms with Crippen molar-refractivity contribution in [1.82, 2.24) is 0 Å². The van der Waals surface area contributed by atoms with E-state index < -0.39 is 10.8 Å². The first-order valence-electron chi connectivity index (χ1n) is 9.73. The number of nitro groups is 1. The normalized spacial score (nSPS) is 10.8. The number of anilines is 1. The summed E-state index contributed by atoms with van der Waals surface area (Å²) in [5.74, 6) is 0.187. The Hall–Kier alpha value is -3.68. The average Bonchev–Trinajstić information content (AvgIpc) is 2.83. The van der Waals surface area contributed by atoms with Crippen molar-refractivity contribution in [3.05, 3.63) is 96.4 Å². The number of hydrogen-bond donors (Lipinski definition) is 1. The Morgan fingerprint density at radius 1 is 1.18 bits per heavy atom. The SMILES string of the molecule is COc1cc(/C=C(/C#N)C(=O)Nc2ccc(Br)cc2)cc(Br)c1OCc1cccc([N+](=O)[O-])c1. The molecule has 0 saturated heterocycles. The van der Waals surface area contributed by atoms with Gasteiger partial charge in [0.1, 0.15) is 18.2 Å². The van der Waals surface area contributed by atoms with Gasteiger partial charge < -0.3 is 14.8 Å². The Labute approximate surface area is 212 Å². The van der Waals surface area contributed by atoms with Gasteiger partial charge in [0.25, 0.3) is 11.6 Å². The fourth-order valence-corrected chi connectivity index (χ4v) is 3.76. The molecule has 172 valence electrons. The Morgan fingerprint density at radius 3 is 2.56 bits per heavy atom. The van der Waals surface area contributed by atoms with E-state index in [1.54, 1.807) is 48.5 Å². The van der Waals surface area contributed by atoms with E-state index in [-0.39, 0.29) is 17.9 Å². The van der Waals surface area contributed by atoms with E-state index in [0.29, 0.717) is 32.8 Å². The van der Waals surface area contributed by atoms with Crippen LogP contribution in [0.2, 0.25) is 0 Å². The average molecular weight is 587 g/mol. The molecule has 1 amide bonds. The molecule has 0 unspecified atom stereocenters. The van der Waals surface area contributed by atoms with Gasteiger partial charge in [-0.15, -0.1) is 0 Å². The maximum atomic E-state index is 12.5. The van der Waals surface area contributed by atoms with E-state index in [2.05, 4.69) is 37.2 Å². The van der Waals surface area contributed by atoms with Gasteiger partial charge in [0.2, 0.25) is 0 Å². The highest BCUT2D eigenvalue weighted by Gasteiger charge is 2.15. The lowest BCUT2D eigenvalue weighted by molar-refractivity contribution is -0.384. The number of benzene rings is 3. The molecular weight excluding hydrogens is 570 g/mol. The third-order valence-electron chi connectivity index (χ3n) is 4.53. The molecule has 0 aliphatic rings. The molecule has 0 radical (unpaired) electrons. The van der Waals surface area contributed by atoms with Crippen LogP contribution < -0.4 is 14.8 Å². The molecule has 0 bridgehead atoms. The van der Waals surface area contributed by atoms with E-state index >= 15 is 0 Å². The van der Waals surface area contributed by atoms with Gasteiger partial charge >= 0.3 is 0 Å². The first-order valence-corrected chi connectivity index (χ1v) is 11.3. The molecule has 3 aromatic carbocycles. The number of nitrogens with zero attached hydrogens (tertiary/aromatic N) is 2. The molecule has 0 spiro atoms. The Bertz CT molecular complexity index is 1300. The number of nitro benzene ring substituents is 1. The van der Waals surface area contributed by atoms with Crippen LogP contribution in [0.25, 0.3) is 6.08 Å². The third kappa shape index (κ3) is 6.43. The van der Waals surface area contributed by atoms with E-state index in [9.17, 15) is 20.2 Å². The van der Waals surface area contributed by atoms with Crippen LogP contribution in [0.3, 0.4) is 0 Å². The van der Waals surface area contributed by atoms with Crippen molar-refractivity contribution in [2.24, 2.45) is 0 Å². The van der Waals surface area contributed by atoms with Crippen LogP contribution in [0.4, 0.5) is 11.4 Å². The summed E-state index contributed by atoms with van der Waals surface area (Å²) < 4.78 is 12.6. The second-order valence-electron chi connectivity index (χ2n) is 6.88. The lowest BCUT2D eigenvalue weighted by Gasteiger charge is -2.14. The molecule has 0 aromatic heterocycles. The van der Waals surface area contributed by atoms with E-state index in [0.717, 1.165) is 4.47 Å². The topological polar surface area (TPSA) is 114 Å². The van der Waals surface area contributed by atoms with Crippen LogP contribution in [0.15, 0.2) is 75.2 Å². The monoisotopic (exact) mass is 585 g/mol. The summed E-state index contributed by atoms with van der Waals surface area (Å²) in [7, 11) is 1.46. The smallest absolute Gasteiger partial charge is 0.269 e. The van der Waals surface area contributed by atoms with Crippen molar-refractivity contribution in [3.8, 4) is 17.6 Å². The molecule has 10 heteroatoms. The number of ether oxygens (including phenoxy) is 2. The summed E-state index contributed by atoms with van der Waals surface area (Å²) in [5, 5.41) is 23.2. The van der Waals surface area contributed by atoms with Gasteiger partial charge in [0.15, 0.2) is 11.5 Å². The molecule has 0 aliphatic heterocycles. The number of non-ortho nitro benzene ring substituents is 1. The number of carbonyl (C=O) groups excluding carboxylic acids is 1. The molecule has 0 aliphatic carbocycles. The van der Waals surface area contributed by atoms with E-state index in [1.807, 2.05) is 6.07 Å². The second-order valence-corrected chi connectivity index (χ2v) is 8.65. The van der Waals surface area contributed by atoms with Crippen molar-refractivity contribution >= 4 is 55.2 Å². The first kappa shape index (κ1) is 25.0. The first-order chi connectivity index (χ1) is 16.3. The van der Waals surface area contributed by atoms with Gasteiger partial charge in [-0.1, -0.05) is 28.1 Å². The molecule has 34 heavy (non-hydrogen) atoms. The summed E-state index contributed by atoms with van der Waals surface area (Å²) in [6, 6.07) is 18.3. The third-order valence-corrected chi connectivity index (χ3v) is 5.65. The molecule has 3 aromatic rings. The number of amides is 1. The summed E-state index contributed by atoms with van der Waals surface area (Å²) in [4.78, 5) is 23.0. The lowest BCUT2D eigenvalue weighted by atomic mass is 10.1. The fraction of sp³-hybridized carbons (Fsp3) is 0.0833. The predicted octanol–water partition coefficient (Wildman–Crippen LogP) is 6.25. The fourth-order valence-electron chi connectivity index (χ4n) is 2.93. The second kappa shape index (κ2) is 11.4. The van der Waals surface area contributed by atoms with Gasteiger partial charge in [-0.25, -0.2) is 0 Å². The zero-order valence-electron chi connectivity index (χ0n) is 17.7. The zero-order valence-corrected chi connectivity index (χ0v) is 20.9. The minimum Gasteiger partial charge on any atom is -0.493 e. The molecule has 0 saturated carbocycles. The molecule has 0 atom stereocenters. The molecule has 3 rings (SSSR count). The summed E-state index contributed by atoms with van der Waals surface area (Å²) in [6.45, 7) is 0.0743. The van der Waals surface area contributed by atoms with Gasteiger partial charge in [-0.2, -0.15) is 5.26 Å². The number of nitriles is 1. The summed E-state index contributed by atoms with van der Waals surface area (Å²) in [5.41, 5.74) is 1.58. The van der Waals surface area contributed by atoms with Crippen LogP contribution in [-0.2, 0) is 11.4 Å². The number of rotatable bonds is 8. The highest BCUT2D eigenvalue weighted by Crippen LogP contribution is 2.38. The van der Waals surface area contributed by atoms with Crippen LogP contribution >= 0.6 is 31.9 Å². The number of halogens is 2. The number of nitrogens with one attached hydrogen (secondary N) is 1. The van der Waals surface area contributed by atoms with Crippen LogP contribution in [-0.4, -0.2) is 17.9 Å². The van der Waals surface area contributed by atoms with Crippen LogP contribution in [0, 0.1) is 21.4 Å². The number of hydrogen-bond acceptors (Lipinski definition) is 6. The Morgan fingerprint density at radius 2 is 1.91 bits per heavy atom. The van der Waals surface area contributed by atoms with Crippen molar-refractivity contribution in [1.29, 1.82) is 5.26 Å². The van der Waals surface area contributed by atoms with Gasteiger partial charge in [-0.05, 0) is 69.5 Å². The van der Waals surface area contributed by atoms with Crippen molar-refractivity contribution in [3.63, 3.8) is 0 Å². The van der Waals surface area contributed by atoms with Crippen molar-refractivity contribution in [2.75, 3.05) is 12.4 Å². The highest BCUT2D eigenvalue weighted by atomic mass is 79.9. The van der Waals surface area contributed by atoms with Gasteiger partial charge in [0.05, 0.1) is 16.5 Å². The maximum Gasteiger partial charge on any atom is 0.269 e. The van der Waals surface area contributed by atoms with Crippen LogP contribution in [0.5, 0.6) is 11.5 Å². The minimum absolute atomic E-state index is 0.0296. The van der Waals surface area contributed by atoms with E-state index in [4.69, 9.17) is 9.47 Å². The van der Waals surface area contributed by atoms with E-state index in [1.165, 1.54) is 25.3 Å².